The van der Waals surface area contributed by atoms with Crippen LogP contribution < -0.4 is 16.0 Å². The first-order valence-corrected chi connectivity index (χ1v) is 9.10. The van der Waals surface area contributed by atoms with E-state index in [0.29, 0.717) is 30.2 Å². The van der Waals surface area contributed by atoms with E-state index in [0.717, 1.165) is 5.56 Å². The third kappa shape index (κ3) is 5.18. The molecule has 3 rings (SSSR count). The van der Waals surface area contributed by atoms with Crippen molar-refractivity contribution in [2.45, 2.75) is 19.0 Å². The molecule has 0 radical (unpaired) electrons. The highest BCUT2D eigenvalue weighted by Crippen LogP contribution is 2.24. The molecule has 2 aromatic rings. The Morgan fingerprint density at radius 1 is 1.31 bits per heavy atom. The predicted octanol–water partition coefficient (Wildman–Crippen LogP) is 0.546. The molecule has 29 heavy (non-hydrogen) atoms. The number of aromatic nitrogens is 2. The zero-order valence-electron chi connectivity index (χ0n) is 15.9. The average molecular weight is 398 g/mol. The molecule has 152 valence electrons. The number of hydrogen-bond acceptors (Lipinski definition) is 7. The minimum absolute atomic E-state index is 0.242. The number of amides is 2. The van der Waals surface area contributed by atoms with E-state index >= 15 is 0 Å². The third-order valence-corrected chi connectivity index (χ3v) is 4.45. The highest BCUT2D eigenvalue weighted by molar-refractivity contribution is 5.95. The van der Waals surface area contributed by atoms with Crippen LogP contribution in [0.4, 0.5) is 11.5 Å². The number of nitrogens with zero attached hydrogens (tertiary/aromatic N) is 3. The Morgan fingerprint density at radius 3 is 2.86 bits per heavy atom. The summed E-state index contributed by atoms with van der Waals surface area (Å²) in [7, 11) is 1.61. The lowest BCUT2D eigenvalue weighted by Crippen LogP contribution is -2.39. The van der Waals surface area contributed by atoms with Crippen molar-refractivity contribution in [3.63, 3.8) is 0 Å². The van der Waals surface area contributed by atoms with Crippen LogP contribution in [-0.4, -0.2) is 64.2 Å². The molecule has 0 spiro atoms. The average Bonchev–Trinajstić information content (AvgIpc) is 2.82. The van der Waals surface area contributed by atoms with Gasteiger partial charge < -0.3 is 26.0 Å². The van der Waals surface area contributed by atoms with Crippen molar-refractivity contribution in [3.8, 4) is 0 Å². The number of carboxylic acids is 1. The summed E-state index contributed by atoms with van der Waals surface area (Å²) in [6, 6.07) is 7.75. The van der Waals surface area contributed by atoms with Crippen molar-refractivity contribution in [2.75, 3.05) is 30.8 Å². The summed E-state index contributed by atoms with van der Waals surface area (Å²) in [6.45, 7) is 1.17. The normalized spacial score (nSPS) is 15.7. The van der Waals surface area contributed by atoms with Crippen molar-refractivity contribution < 1.29 is 19.5 Å². The minimum atomic E-state index is -1.06. The zero-order valence-corrected chi connectivity index (χ0v) is 15.9. The fraction of sp³-hybridized carbons (Fsp3) is 0.316. The number of carbonyl (C=O) groups is 3. The lowest BCUT2D eigenvalue weighted by molar-refractivity contribution is -0.141. The van der Waals surface area contributed by atoms with Gasteiger partial charge in [-0.15, -0.1) is 5.10 Å². The van der Waals surface area contributed by atoms with E-state index in [1.165, 1.54) is 4.90 Å². The summed E-state index contributed by atoms with van der Waals surface area (Å²) in [5.41, 5.74) is 1.86. The van der Waals surface area contributed by atoms with E-state index in [2.05, 4.69) is 26.1 Å². The topological polar surface area (TPSA) is 137 Å². The first kappa shape index (κ1) is 20.1. The van der Waals surface area contributed by atoms with E-state index in [4.69, 9.17) is 5.11 Å². The molecule has 1 unspecified atom stereocenters. The van der Waals surface area contributed by atoms with Gasteiger partial charge in [-0.2, -0.15) is 5.10 Å². The van der Waals surface area contributed by atoms with Crippen LogP contribution in [0, 0.1) is 0 Å². The molecule has 10 heteroatoms. The van der Waals surface area contributed by atoms with Gasteiger partial charge in [-0.3, -0.25) is 14.4 Å². The molecular formula is C19H22N6O4. The first-order valence-electron chi connectivity index (χ1n) is 9.10. The van der Waals surface area contributed by atoms with Crippen molar-refractivity contribution in [2.24, 2.45) is 0 Å². The fourth-order valence-corrected chi connectivity index (χ4v) is 3.03. The molecule has 1 aliphatic rings. The molecule has 1 atom stereocenters. The summed E-state index contributed by atoms with van der Waals surface area (Å²) in [6.07, 6.45) is 1.26. The number of carbonyl (C=O) groups excluding carboxylic acids is 2. The summed E-state index contributed by atoms with van der Waals surface area (Å²) in [5, 5.41) is 25.5. The van der Waals surface area contributed by atoms with Gasteiger partial charge in [-0.05, 0) is 35.9 Å². The number of rotatable bonds is 7. The van der Waals surface area contributed by atoms with Gasteiger partial charge in [-0.25, -0.2) is 0 Å². The fourth-order valence-electron chi connectivity index (χ4n) is 3.03. The van der Waals surface area contributed by atoms with E-state index in [1.807, 2.05) is 0 Å². The molecule has 1 aromatic carbocycles. The van der Waals surface area contributed by atoms with Gasteiger partial charge in [0.25, 0.3) is 5.91 Å². The maximum Gasteiger partial charge on any atom is 0.305 e. The van der Waals surface area contributed by atoms with Gasteiger partial charge in [0.05, 0.1) is 6.42 Å². The van der Waals surface area contributed by atoms with Crippen molar-refractivity contribution in [1.29, 1.82) is 0 Å². The monoisotopic (exact) mass is 398 g/mol. The number of hydrogen-bond donors (Lipinski definition) is 4. The molecular weight excluding hydrogens is 376 g/mol. The Hall–Kier alpha value is -3.69. The van der Waals surface area contributed by atoms with Crippen LogP contribution in [0.2, 0.25) is 0 Å². The number of likely N-dealkylation sites (N-methyl/N-ethyl adjacent to an activating group) is 1. The zero-order chi connectivity index (χ0) is 20.8. The summed E-state index contributed by atoms with van der Waals surface area (Å²) in [4.78, 5) is 37.3. The van der Waals surface area contributed by atoms with Crippen LogP contribution in [0.5, 0.6) is 0 Å². The van der Waals surface area contributed by atoms with Gasteiger partial charge in [0.15, 0.2) is 0 Å². The number of fused-ring (bicyclic) bond motifs is 1. The van der Waals surface area contributed by atoms with Crippen molar-refractivity contribution >= 4 is 29.3 Å². The largest absolute Gasteiger partial charge is 0.481 e. The number of nitrogens with one attached hydrogen (secondary N) is 3. The van der Waals surface area contributed by atoms with E-state index in [-0.39, 0.29) is 24.8 Å². The third-order valence-electron chi connectivity index (χ3n) is 4.45. The Labute approximate surface area is 167 Å². The van der Waals surface area contributed by atoms with Crippen LogP contribution in [0.3, 0.4) is 0 Å². The minimum Gasteiger partial charge on any atom is -0.481 e. The quantitative estimate of drug-likeness (QED) is 0.496. The van der Waals surface area contributed by atoms with Gasteiger partial charge >= 0.3 is 5.97 Å². The van der Waals surface area contributed by atoms with Crippen molar-refractivity contribution in [1.82, 2.24) is 20.4 Å². The van der Waals surface area contributed by atoms with Crippen LogP contribution >= 0.6 is 0 Å². The molecule has 1 aromatic heterocycles. The maximum absolute atomic E-state index is 12.4. The molecule has 0 bridgehead atoms. The molecule has 0 saturated carbocycles. The molecule has 0 saturated heterocycles. The Morgan fingerprint density at radius 2 is 2.14 bits per heavy atom. The standard InChI is InChI=1S/C19H22N6O4/c1-25-11-13-9-12(4-5-14(13)23-15(19(25)29)10-17(26)27)18(28)21-8-7-20-16-3-2-6-22-24-16/h2-6,9,15,23H,7-8,10-11H2,1H3,(H,20,24)(H,21,28)(H,26,27). The van der Waals surface area contributed by atoms with Crippen molar-refractivity contribution in [3.05, 3.63) is 47.7 Å². The highest BCUT2D eigenvalue weighted by atomic mass is 16.4. The number of aliphatic carboxylic acids is 1. The summed E-state index contributed by atoms with van der Waals surface area (Å²) < 4.78 is 0. The SMILES string of the molecule is CN1Cc2cc(C(=O)NCCNc3cccnn3)ccc2NC(CC(=O)O)C1=O. The van der Waals surface area contributed by atoms with Gasteiger partial charge in [0.2, 0.25) is 5.91 Å². The second kappa shape index (κ2) is 9.00. The summed E-state index contributed by atoms with van der Waals surface area (Å²) in [5.74, 6) is -0.973. The predicted molar refractivity (Wildman–Crippen MR) is 105 cm³/mol. The second-order valence-corrected chi connectivity index (χ2v) is 6.65. The molecule has 0 aliphatic carbocycles. The Kier molecular flexibility index (Phi) is 6.22. The molecule has 1 aliphatic heterocycles. The highest BCUT2D eigenvalue weighted by Gasteiger charge is 2.29. The van der Waals surface area contributed by atoms with Gasteiger partial charge in [-0.1, -0.05) is 0 Å². The molecule has 4 N–H and O–H groups in total. The first-order chi connectivity index (χ1) is 13.9. The maximum atomic E-state index is 12.4. The van der Waals surface area contributed by atoms with Crippen LogP contribution in [0.15, 0.2) is 36.5 Å². The smallest absolute Gasteiger partial charge is 0.305 e. The second-order valence-electron chi connectivity index (χ2n) is 6.65. The number of benzene rings is 1. The summed E-state index contributed by atoms with van der Waals surface area (Å²) >= 11 is 0. The van der Waals surface area contributed by atoms with E-state index < -0.39 is 12.0 Å². The Bertz CT molecular complexity index is 905. The van der Waals surface area contributed by atoms with Crippen LogP contribution in [-0.2, 0) is 16.1 Å². The van der Waals surface area contributed by atoms with Crippen LogP contribution in [0.25, 0.3) is 0 Å². The number of anilines is 2. The molecule has 2 heterocycles. The van der Waals surface area contributed by atoms with E-state index in [1.54, 1.807) is 43.6 Å². The lowest BCUT2D eigenvalue weighted by atomic mass is 10.1. The molecule has 0 fully saturated rings. The lowest BCUT2D eigenvalue weighted by Gasteiger charge is -2.19. The Balaban J connectivity index is 1.62. The molecule has 2 amide bonds. The van der Waals surface area contributed by atoms with Gasteiger partial charge in [0.1, 0.15) is 11.9 Å². The number of carboxylic acid groups (broad SMARTS) is 1. The van der Waals surface area contributed by atoms with Crippen LogP contribution in [0.1, 0.15) is 22.3 Å². The van der Waals surface area contributed by atoms with Gasteiger partial charge in [0, 0.05) is 44.1 Å². The molecule has 10 nitrogen and oxygen atoms in total. The van der Waals surface area contributed by atoms with E-state index in [9.17, 15) is 14.4 Å².